The predicted molar refractivity (Wildman–Crippen MR) is 75.1 cm³/mol. The quantitative estimate of drug-likeness (QED) is 0.867. The van der Waals surface area contributed by atoms with E-state index in [0.717, 1.165) is 0 Å². The molecule has 0 aromatic heterocycles. The fourth-order valence-corrected chi connectivity index (χ4v) is 1.68. The lowest BCUT2D eigenvalue weighted by atomic mass is 10.1. The third kappa shape index (κ3) is 4.29. The summed E-state index contributed by atoms with van der Waals surface area (Å²) in [6, 6.07) is 2.75. The molecule has 0 unspecified atom stereocenters. The predicted octanol–water partition coefficient (Wildman–Crippen LogP) is 2.78. The minimum Gasteiger partial charge on any atom is -0.493 e. The number of methoxy groups -OCH3 is 1. The average Bonchev–Trinajstić information content (AvgIpc) is 2.25. The third-order valence-corrected chi connectivity index (χ3v) is 2.46. The number of anilines is 1. The number of hydrogen-bond acceptors (Lipinski definition) is 4. The Kier molecular flexibility index (Phi) is 4.81. The third-order valence-electron chi connectivity index (χ3n) is 2.46. The molecule has 0 aliphatic heterocycles. The monoisotopic (exact) mass is 284 g/mol. The fraction of sp³-hybridized carbons (Fsp3) is 0.500. The Bertz CT molecular complexity index is 498. The second kappa shape index (κ2) is 5.98. The van der Waals surface area contributed by atoms with Gasteiger partial charge in [-0.3, -0.25) is 0 Å². The van der Waals surface area contributed by atoms with Crippen molar-refractivity contribution in [3.63, 3.8) is 0 Å². The second-order valence-corrected chi connectivity index (χ2v) is 5.53. The molecule has 5 nitrogen and oxygen atoms in total. The Balaban J connectivity index is 2.90. The van der Waals surface area contributed by atoms with Crippen LogP contribution in [0, 0.1) is 5.82 Å². The Labute approximate surface area is 118 Å². The summed E-state index contributed by atoms with van der Waals surface area (Å²) in [5.74, 6) is -0.477. The molecule has 1 amide bonds. The normalized spacial score (nSPS) is 11.1. The lowest BCUT2D eigenvalue weighted by molar-refractivity contribution is 0.0284. The van der Waals surface area contributed by atoms with Crippen molar-refractivity contribution in [2.45, 2.75) is 32.9 Å². The van der Waals surface area contributed by atoms with E-state index in [1.54, 1.807) is 33.9 Å². The SMILES string of the molecule is COc1c(F)cc(N)cc1CN(C)C(=O)OC(C)(C)C. The zero-order chi connectivity index (χ0) is 15.5. The van der Waals surface area contributed by atoms with Crippen molar-refractivity contribution in [3.05, 3.63) is 23.5 Å². The standard InChI is InChI=1S/C14H21FN2O3/c1-14(2,3)20-13(18)17(4)8-9-6-10(16)7-11(15)12(9)19-5/h6-7H,8,16H2,1-5H3. The molecule has 0 heterocycles. The number of amides is 1. The lowest BCUT2D eigenvalue weighted by Crippen LogP contribution is -2.33. The van der Waals surface area contributed by atoms with Crippen molar-refractivity contribution >= 4 is 11.8 Å². The molecule has 0 fully saturated rings. The molecule has 0 atom stereocenters. The molecule has 0 radical (unpaired) electrons. The van der Waals surface area contributed by atoms with Crippen LogP contribution in [-0.4, -0.2) is 30.8 Å². The van der Waals surface area contributed by atoms with Gasteiger partial charge in [0.1, 0.15) is 5.60 Å². The van der Waals surface area contributed by atoms with Gasteiger partial charge in [0.2, 0.25) is 0 Å². The number of nitrogens with zero attached hydrogens (tertiary/aromatic N) is 1. The number of ether oxygens (including phenoxy) is 2. The summed E-state index contributed by atoms with van der Waals surface area (Å²) in [5, 5.41) is 0. The van der Waals surface area contributed by atoms with E-state index in [2.05, 4.69) is 0 Å². The molecular formula is C14H21FN2O3. The van der Waals surface area contributed by atoms with E-state index in [0.29, 0.717) is 5.56 Å². The van der Waals surface area contributed by atoms with Crippen LogP contribution in [0.25, 0.3) is 0 Å². The van der Waals surface area contributed by atoms with E-state index >= 15 is 0 Å². The summed E-state index contributed by atoms with van der Waals surface area (Å²) in [7, 11) is 2.93. The maximum absolute atomic E-state index is 13.7. The number of benzene rings is 1. The highest BCUT2D eigenvalue weighted by atomic mass is 19.1. The first-order chi connectivity index (χ1) is 9.14. The van der Waals surface area contributed by atoms with E-state index in [1.165, 1.54) is 18.1 Å². The number of rotatable bonds is 3. The Hall–Kier alpha value is -1.98. The van der Waals surface area contributed by atoms with Crippen LogP contribution in [0.2, 0.25) is 0 Å². The van der Waals surface area contributed by atoms with Crippen molar-refractivity contribution in [2.24, 2.45) is 0 Å². The van der Waals surface area contributed by atoms with Crippen LogP contribution in [0.15, 0.2) is 12.1 Å². The van der Waals surface area contributed by atoms with E-state index in [4.69, 9.17) is 15.2 Å². The van der Waals surface area contributed by atoms with Crippen molar-refractivity contribution in [2.75, 3.05) is 19.9 Å². The van der Waals surface area contributed by atoms with Crippen LogP contribution in [0.1, 0.15) is 26.3 Å². The Morgan fingerprint density at radius 3 is 2.50 bits per heavy atom. The van der Waals surface area contributed by atoms with Crippen LogP contribution in [-0.2, 0) is 11.3 Å². The maximum Gasteiger partial charge on any atom is 0.410 e. The van der Waals surface area contributed by atoms with Crippen LogP contribution < -0.4 is 10.5 Å². The van der Waals surface area contributed by atoms with E-state index in [-0.39, 0.29) is 18.0 Å². The minimum absolute atomic E-state index is 0.0783. The van der Waals surface area contributed by atoms with Gasteiger partial charge in [-0.15, -0.1) is 0 Å². The molecule has 0 bridgehead atoms. The maximum atomic E-state index is 13.7. The molecule has 1 rings (SSSR count). The van der Waals surface area contributed by atoms with Gasteiger partial charge in [0.15, 0.2) is 11.6 Å². The molecule has 2 N–H and O–H groups in total. The number of halogens is 1. The lowest BCUT2D eigenvalue weighted by Gasteiger charge is -2.25. The van der Waals surface area contributed by atoms with Crippen LogP contribution in [0.5, 0.6) is 5.75 Å². The molecule has 0 saturated carbocycles. The molecule has 20 heavy (non-hydrogen) atoms. The van der Waals surface area contributed by atoms with Gasteiger partial charge >= 0.3 is 6.09 Å². The Morgan fingerprint density at radius 1 is 1.40 bits per heavy atom. The topological polar surface area (TPSA) is 64.8 Å². The first kappa shape index (κ1) is 16.1. The van der Waals surface area contributed by atoms with Gasteiger partial charge in [-0.05, 0) is 26.8 Å². The van der Waals surface area contributed by atoms with Gasteiger partial charge in [-0.1, -0.05) is 0 Å². The number of carbonyl (C=O) groups is 1. The molecule has 1 aromatic rings. The van der Waals surface area contributed by atoms with Gasteiger partial charge in [0.25, 0.3) is 0 Å². The average molecular weight is 284 g/mol. The summed E-state index contributed by atoms with van der Waals surface area (Å²) in [6.45, 7) is 5.47. The molecule has 112 valence electrons. The molecule has 6 heteroatoms. The summed E-state index contributed by atoms with van der Waals surface area (Å²) in [5.41, 5.74) is 5.78. The van der Waals surface area contributed by atoms with Crippen molar-refractivity contribution in [1.82, 2.24) is 4.90 Å². The summed E-state index contributed by atoms with van der Waals surface area (Å²) in [6.07, 6.45) is -0.498. The minimum atomic E-state index is -0.587. The first-order valence-electron chi connectivity index (χ1n) is 6.20. The summed E-state index contributed by atoms with van der Waals surface area (Å²) >= 11 is 0. The number of carbonyl (C=O) groups excluding carboxylic acids is 1. The van der Waals surface area contributed by atoms with Gasteiger partial charge in [-0.2, -0.15) is 0 Å². The van der Waals surface area contributed by atoms with Gasteiger partial charge in [-0.25, -0.2) is 9.18 Å². The molecule has 0 saturated heterocycles. The van der Waals surface area contributed by atoms with Crippen LogP contribution in [0.4, 0.5) is 14.9 Å². The number of nitrogen functional groups attached to an aromatic ring is 1. The smallest absolute Gasteiger partial charge is 0.410 e. The van der Waals surface area contributed by atoms with Gasteiger partial charge in [0.05, 0.1) is 13.7 Å². The van der Waals surface area contributed by atoms with Crippen molar-refractivity contribution < 1.29 is 18.7 Å². The second-order valence-electron chi connectivity index (χ2n) is 5.53. The van der Waals surface area contributed by atoms with E-state index < -0.39 is 17.5 Å². The highest BCUT2D eigenvalue weighted by Gasteiger charge is 2.21. The summed E-state index contributed by atoms with van der Waals surface area (Å²) < 4.78 is 23.9. The summed E-state index contributed by atoms with van der Waals surface area (Å²) in [4.78, 5) is 13.2. The van der Waals surface area contributed by atoms with Crippen molar-refractivity contribution in [3.8, 4) is 5.75 Å². The van der Waals surface area contributed by atoms with E-state index in [9.17, 15) is 9.18 Å². The molecule has 1 aromatic carbocycles. The zero-order valence-corrected chi connectivity index (χ0v) is 12.5. The molecule has 0 spiro atoms. The zero-order valence-electron chi connectivity index (χ0n) is 12.5. The Morgan fingerprint density at radius 2 is 2.00 bits per heavy atom. The largest absolute Gasteiger partial charge is 0.493 e. The van der Waals surface area contributed by atoms with Crippen LogP contribution in [0.3, 0.4) is 0 Å². The molecule has 0 aliphatic carbocycles. The first-order valence-corrected chi connectivity index (χ1v) is 6.20. The fourth-order valence-electron chi connectivity index (χ4n) is 1.68. The number of nitrogens with two attached hydrogens (primary N) is 1. The van der Waals surface area contributed by atoms with Crippen molar-refractivity contribution in [1.29, 1.82) is 0 Å². The number of hydrogen-bond donors (Lipinski definition) is 1. The molecular weight excluding hydrogens is 263 g/mol. The van der Waals surface area contributed by atoms with Gasteiger partial charge < -0.3 is 20.1 Å². The van der Waals surface area contributed by atoms with Crippen LogP contribution >= 0.6 is 0 Å². The highest BCUT2D eigenvalue weighted by molar-refractivity contribution is 5.68. The van der Waals surface area contributed by atoms with E-state index in [1.807, 2.05) is 0 Å². The van der Waals surface area contributed by atoms with Gasteiger partial charge in [0, 0.05) is 24.4 Å². The molecule has 0 aliphatic rings. The highest BCUT2D eigenvalue weighted by Crippen LogP contribution is 2.27.